The van der Waals surface area contributed by atoms with Crippen molar-refractivity contribution in [3.63, 3.8) is 0 Å². The van der Waals surface area contributed by atoms with Crippen LogP contribution in [0.2, 0.25) is 0 Å². The third-order valence-corrected chi connectivity index (χ3v) is 3.45. The zero-order valence-corrected chi connectivity index (χ0v) is 13.1. The lowest BCUT2D eigenvalue weighted by Crippen LogP contribution is -2.29. The predicted octanol–water partition coefficient (Wildman–Crippen LogP) is 0.624. The van der Waals surface area contributed by atoms with Crippen molar-refractivity contribution in [3.05, 3.63) is 41.7 Å². The number of carbonyl (C=O) groups is 1. The molecule has 0 bridgehead atoms. The van der Waals surface area contributed by atoms with Crippen LogP contribution in [0.5, 0.6) is 5.75 Å². The number of aromatic nitrogens is 3. The second kappa shape index (κ2) is 8.89. The number of hydrogen-bond acceptors (Lipinski definition) is 5. The molecule has 0 unspecified atom stereocenters. The van der Waals surface area contributed by atoms with E-state index in [-0.39, 0.29) is 18.2 Å². The van der Waals surface area contributed by atoms with Crippen LogP contribution in [0.4, 0.5) is 0 Å². The van der Waals surface area contributed by atoms with Gasteiger partial charge >= 0.3 is 0 Å². The smallest absolute Gasteiger partial charge is 0.241 e. The molecule has 2 aromatic rings. The summed E-state index contributed by atoms with van der Waals surface area (Å²) in [4.78, 5) is 11.9. The summed E-state index contributed by atoms with van der Waals surface area (Å²) in [7, 11) is 0. The van der Waals surface area contributed by atoms with Crippen molar-refractivity contribution < 1.29 is 9.90 Å². The summed E-state index contributed by atoms with van der Waals surface area (Å²) in [5.41, 5.74) is 7.40. The predicted molar refractivity (Wildman–Crippen MR) is 86.8 cm³/mol. The van der Waals surface area contributed by atoms with Crippen LogP contribution in [0, 0.1) is 0 Å². The summed E-state index contributed by atoms with van der Waals surface area (Å²) in [6.07, 6.45) is 5.29. The lowest BCUT2D eigenvalue weighted by Gasteiger charge is -2.05. The van der Waals surface area contributed by atoms with Crippen LogP contribution in [-0.4, -0.2) is 39.1 Å². The highest BCUT2D eigenvalue weighted by atomic mass is 16.3. The number of nitrogens with two attached hydrogens (primary N) is 1. The first-order chi connectivity index (χ1) is 11.2. The van der Waals surface area contributed by atoms with Gasteiger partial charge in [0.25, 0.3) is 0 Å². The van der Waals surface area contributed by atoms with Gasteiger partial charge in [-0.25, -0.2) is 4.68 Å². The lowest BCUT2D eigenvalue weighted by atomic mass is 10.1. The molecule has 1 amide bonds. The number of hydrogen-bond donors (Lipinski definition) is 3. The number of rotatable bonds is 9. The highest BCUT2D eigenvalue weighted by molar-refractivity contribution is 5.75. The molecule has 0 saturated heterocycles. The highest BCUT2D eigenvalue weighted by Crippen LogP contribution is 2.09. The van der Waals surface area contributed by atoms with Crippen molar-refractivity contribution in [2.75, 3.05) is 13.1 Å². The first kappa shape index (κ1) is 17.0. The summed E-state index contributed by atoms with van der Waals surface area (Å²) in [6.45, 7) is 1.39. The molecule has 4 N–H and O–H groups in total. The zero-order chi connectivity index (χ0) is 16.5. The summed E-state index contributed by atoms with van der Waals surface area (Å²) in [6, 6.07) is 6.95. The topological polar surface area (TPSA) is 106 Å². The maximum atomic E-state index is 11.9. The minimum absolute atomic E-state index is 0.0952. The van der Waals surface area contributed by atoms with Crippen molar-refractivity contribution >= 4 is 5.91 Å². The summed E-state index contributed by atoms with van der Waals surface area (Å²) >= 11 is 0. The van der Waals surface area contributed by atoms with Gasteiger partial charge in [0, 0.05) is 12.7 Å². The van der Waals surface area contributed by atoms with E-state index in [1.165, 1.54) is 0 Å². The molecule has 124 valence electrons. The van der Waals surface area contributed by atoms with E-state index < -0.39 is 0 Å². The van der Waals surface area contributed by atoms with Gasteiger partial charge in [0.1, 0.15) is 12.3 Å². The number of nitrogens with zero attached hydrogens (tertiary/aromatic N) is 3. The Labute approximate surface area is 135 Å². The van der Waals surface area contributed by atoms with Crippen molar-refractivity contribution in [1.82, 2.24) is 20.3 Å². The van der Waals surface area contributed by atoms with E-state index in [9.17, 15) is 9.90 Å². The number of benzene rings is 1. The lowest BCUT2D eigenvalue weighted by molar-refractivity contribution is -0.121. The molecule has 1 heterocycles. The standard InChI is InChI=1S/C16H23N5O2/c17-9-2-1-3-14-11-21(20-19-14)12-16(23)18-10-8-13-4-6-15(22)7-5-13/h4-7,11,22H,1-3,8-10,12,17H2,(H,18,23). The average Bonchev–Trinajstić information content (AvgIpc) is 2.97. The first-order valence-corrected chi connectivity index (χ1v) is 7.81. The molecule has 2 rings (SSSR count). The number of amides is 1. The fraction of sp³-hybridized carbons (Fsp3) is 0.438. The van der Waals surface area contributed by atoms with E-state index in [1.54, 1.807) is 23.0 Å². The maximum absolute atomic E-state index is 11.9. The second-order valence-corrected chi connectivity index (χ2v) is 5.42. The van der Waals surface area contributed by atoms with Crippen LogP contribution in [0.15, 0.2) is 30.5 Å². The molecular formula is C16H23N5O2. The monoisotopic (exact) mass is 317 g/mol. The molecule has 1 aromatic heterocycles. The molecule has 23 heavy (non-hydrogen) atoms. The fourth-order valence-electron chi connectivity index (χ4n) is 2.19. The number of unbranched alkanes of at least 4 members (excludes halogenated alkanes) is 1. The van der Waals surface area contributed by atoms with Crippen LogP contribution in [0.25, 0.3) is 0 Å². The van der Waals surface area contributed by atoms with Gasteiger partial charge in [0.2, 0.25) is 5.91 Å². The number of phenols is 1. The molecule has 1 aromatic carbocycles. The Morgan fingerprint density at radius 1 is 1.22 bits per heavy atom. The average molecular weight is 317 g/mol. The zero-order valence-electron chi connectivity index (χ0n) is 13.1. The highest BCUT2D eigenvalue weighted by Gasteiger charge is 2.06. The molecule has 0 saturated carbocycles. The van der Waals surface area contributed by atoms with Gasteiger partial charge in [-0.05, 0) is 49.9 Å². The van der Waals surface area contributed by atoms with Crippen LogP contribution in [0.3, 0.4) is 0 Å². The molecule has 7 heteroatoms. The van der Waals surface area contributed by atoms with Crippen LogP contribution in [-0.2, 0) is 24.2 Å². The molecule has 0 aliphatic carbocycles. The summed E-state index contributed by atoms with van der Waals surface area (Å²) in [5, 5.41) is 20.1. The molecular weight excluding hydrogens is 294 g/mol. The Bertz CT molecular complexity index is 609. The fourth-order valence-corrected chi connectivity index (χ4v) is 2.19. The quantitative estimate of drug-likeness (QED) is 0.588. The maximum Gasteiger partial charge on any atom is 0.241 e. The molecule has 0 aliphatic rings. The Kier molecular flexibility index (Phi) is 6.56. The Hall–Kier alpha value is -2.41. The van der Waals surface area contributed by atoms with Crippen LogP contribution < -0.4 is 11.1 Å². The SMILES string of the molecule is NCCCCc1cn(CC(=O)NCCc2ccc(O)cc2)nn1. The van der Waals surface area contributed by atoms with Gasteiger partial charge in [-0.3, -0.25) is 4.79 Å². The van der Waals surface area contributed by atoms with Crippen molar-refractivity contribution in [3.8, 4) is 5.75 Å². The normalized spacial score (nSPS) is 10.7. The Morgan fingerprint density at radius 2 is 2.00 bits per heavy atom. The van der Waals surface area contributed by atoms with Crippen molar-refractivity contribution in [2.45, 2.75) is 32.2 Å². The van der Waals surface area contributed by atoms with Gasteiger partial charge in [0.15, 0.2) is 0 Å². The molecule has 0 radical (unpaired) electrons. The van der Waals surface area contributed by atoms with Gasteiger partial charge in [0.05, 0.1) is 5.69 Å². The molecule has 0 fully saturated rings. The molecule has 7 nitrogen and oxygen atoms in total. The largest absolute Gasteiger partial charge is 0.508 e. The van der Waals surface area contributed by atoms with E-state index in [0.717, 1.165) is 30.5 Å². The van der Waals surface area contributed by atoms with Gasteiger partial charge in [-0.2, -0.15) is 0 Å². The Morgan fingerprint density at radius 3 is 2.74 bits per heavy atom. The van der Waals surface area contributed by atoms with E-state index in [4.69, 9.17) is 5.73 Å². The number of nitrogens with one attached hydrogen (secondary N) is 1. The molecule has 0 atom stereocenters. The van der Waals surface area contributed by atoms with Crippen molar-refractivity contribution in [1.29, 1.82) is 0 Å². The summed E-state index contributed by atoms with van der Waals surface area (Å²) < 4.78 is 1.55. The van der Waals surface area contributed by atoms with Gasteiger partial charge < -0.3 is 16.2 Å². The van der Waals surface area contributed by atoms with E-state index in [0.29, 0.717) is 19.5 Å². The molecule has 0 spiro atoms. The van der Waals surface area contributed by atoms with Gasteiger partial charge in [-0.1, -0.05) is 17.3 Å². The number of aromatic hydroxyl groups is 1. The number of carbonyl (C=O) groups excluding carboxylic acids is 1. The van der Waals surface area contributed by atoms with Crippen molar-refractivity contribution in [2.24, 2.45) is 5.73 Å². The Balaban J connectivity index is 1.69. The van der Waals surface area contributed by atoms with E-state index >= 15 is 0 Å². The van der Waals surface area contributed by atoms with E-state index in [2.05, 4.69) is 15.6 Å². The van der Waals surface area contributed by atoms with Crippen LogP contribution >= 0.6 is 0 Å². The third-order valence-electron chi connectivity index (χ3n) is 3.45. The number of phenolic OH excluding ortho intramolecular Hbond substituents is 1. The van der Waals surface area contributed by atoms with Crippen LogP contribution in [0.1, 0.15) is 24.1 Å². The first-order valence-electron chi connectivity index (χ1n) is 7.81. The third kappa shape index (κ3) is 6.07. The molecule has 0 aliphatic heterocycles. The summed E-state index contributed by atoms with van der Waals surface area (Å²) in [5.74, 6) is 0.147. The van der Waals surface area contributed by atoms with Gasteiger partial charge in [-0.15, -0.1) is 5.10 Å². The number of aryl methyl sites for hydroxylation is 1. The second-order valence-electron chi connectivity index (χ2n) is 5.42. The van der Waals surface area contributed by atoms with E-state index in [1.807, 2.05) is 12.1 Å². The minimum Gasteiger partial charge on any atom is -0.508 e. The minimum atomic E-state index is -0.0952.